The van der Waals surface area contributed by atoms with Crippen molar-refractivity contribution in [3.8, 4) is 0 Å². The molecule has 0 spiro atoms. The monoisotopic (exact) mass is 201 g/mol. The van der Waals surface area contributed by atoms with E-state index in [1.54, 1.807) is 21.1 Å². The first-order valence-electron chi connectivity index (χ1n) is 4.09. The number of nitrogens with zero attached hydrogens (tertiary/aromatic N) is 1. The molecule has 0 aromatic heterocycles. The normalized spacial score (nSPS) is 15.6. The molecule has 0 radical (unpaired) electrons. The van der Waals surface area contributed by atoms with Crippen LogP contribution in [0.15, 0.2) is 12.7 Å². The van der Waals surface area contributed by atoms with Crippen LogP contribution in [0.4, 0.5) is 0 Å². The Kier molecular flexibility index (Phi) is 3.82. The molecular weight excluding hydrogens is 186 g/mol. The maximum Gasteiger partial charge on any atom is 0.316 e. The molecule has 5 heteroatoms. The number of aliphatic carboxylic acids is 2. The van der Waals surface area contributed by atoms with Gasteiger partial charge in [0, 0.05) is 0 Å². The Morgan fingerprint density at radius 1 is 1.43 bits per heavy atom. The molecule has 2 atom stereocenters. The highest BCUT2D eigenvalue weighted by molar-refractivity contribution is 5.82. The smallest absolute Gasteiger partial charge is 0.316 e. The van der Waals surface area contributed by atoms with Gasteiger partial charge in [0.1, 0.15) is 17.9 Å². The van der Waals surface area contributed by atoms with Crippen LogP contribution in [-0.2, 0) is 9.59 Å². The third-order valence-electron chi connectivity index (χ3n) is 1.96. The van der Waals surface area contributed by atoms with Crippen LogP contribution in [0.2, 0.25) is 0 Å². The lowest BCUT2D eigenvalue weighted by atomic mass is 9.98. The molecule has 0 saturated carbocycles. The molecular formula is C9H15NO4. The van der Waals surface area contributed by atoms with Crippen molar-refractivity contribution in [3.05, 3.63) is 12.7 Å². The van der Waals surface area contributed by atoms with Crippen molar-refractivity contribution < 1.29 is 24.3 Å². The predicted molar refractivity (Wildman–Crippen MR) is 48.2 cm³/mol. The Morgan fingerprint density at radius 2 is 1.86 bits per heavy atom. The third kappa shape index (κ3) is 2.85. The minimum Gasteiger partial charge on any atom is -0.544 e. The van der Waals surface area contributed by atoms with Crippen LogP contribution in [0.3, 0.4) is 0 Å². The lowest BCUT2D eigenvalue weighted by Gasteiger charge is -2.36. The van der Waals surface area contributed by atoms with Crippen molar-refractivity contribution >= 4 is 11.9 Å². The molecule has 0 rings (SSSR count). The number of quaternary nitrogens is 1. The molecule has 0 fully saturated rings. The molecule has 0 aliphatic rings. The van der Waals surface area contributed by atoms with Crippen LogP contribution < -0.4 is 5.11 Å². The summed E-state index contributed by atoms with van der Waals surface area (Å²) in [6.45, 7) is 3.32. The van der Waals surface area contributed by atoms with Gasteiger partial charge in [0.25, 0.3) is 0 Å². The van der Waals surface area contributed by atoms with E-state index in [1.165, 1.54) is 0 Å². The van der Waals surface area contributed by atoms with E-state index in [0.29, 0.717) is 0 Å². The summed E-state index contributed by atoms with van der Waals surface area (Å²) in [7, 11) is 4.79. The molecule has 0 heterocycles. The Morgan fingerprint density at radius 3 is 1.93 bits per heavy atom. The first-order valence-corrected chi connectivity index (χ1v) is 4.09. The van der Waals surface area contributed by atoms with Gasteiger partial charge in [0.15, 0.2) is 0 Å². The maximum atomic E-state index is 10.8. The van der Waals surface area contributed by atoms with E-state index < -0.39 is 23.9 Å². The van der Waals surface area contributed by atoms with Crippen LogP contribution in [-0.4, -0.2) is 48.7 Å². The maximum absolute atomic E-state index is 10.8. The fraction of sp³-hybridized carbons (Fsp3) is 0.556. The second-order valence-electron chi connectivity index (χ2n) is 3.98. The molecule has 0 saturated heterocycles. The Hall–Kier alpha value is -1.36. The number of hydrogen-bond acceptors (Lipinski definition) is 3. The van der Waals surface area contributed by atoms with Gasteiger partial charge in [-0.2, -0.15) is 0 Å². The van der Waals surface area contributed by atoms with Crippen molar-refractivity contribution in [2.75, 3.05) is 21.1 Å². The number of likely N-dealkylation sites (N-methyl/N-ethyl adjacent to an activating group) is 1. The average molecular weight is 201 g/mol. The minimum absolute atomic E-state index is 0.0225. The van der Waals surface area contributed by atoms with Crippen molar-refractivity contribution in [2.45, 2.75) is 6.04 Å². The van der Waals surface area contributed by atoms with Crippen LogP contribution in [0.25, 0.3) is 0 Å². The summed E-state index contributed by atoms with van der Waals surface area (Å²) in [5.41, 5.74) is 0. The molecule has 2 unspecified atom stereocenters. The van der Waals surface area contributed by atoms with Crippen LogP contribution in [0.5, 0.6) is 0 Å². The predicted octanol–water partition coefficient (Wildman–Crippen LogP) is -1.30. The summed E-state index contributed by atoms with van der Waals surface area (Å²) in [4.78, 5) is 21.6. The van der Waals surface area contributed by atoms with Gasteiger partial charge in [-0.25, -0.2) is 0 Å². The molecule has 0 aromatic rings. The Bertz CT molecular complexity index is 254. The van der Waals surface area contributed by atoms with Gasteiger partial charge < -0.3 is 19.5 Å². The van der Waals surface area contributed by atoms with Crippen LogP contribution in [0.1, 0.15) is 0 Å². The summed E-state index contributed by atoms with van der Waals surface area (Å²) >= 11 is 0. The zero-order valence-electron chi connectivity index (χ0n) is 8.56. The molecule has 0 amide bonds. The largest absolute Gasteiger partial charge is 0.544 e. The van der Waals surface area contributed by atoms with E-state index in [-0.39, 0.29) is 4.48 Å². The van der Waals surface area contributed by atoms with Gasteiger partial charge in [-0.15, -0.1) is 6.58 Å². The molecule has 0 bridgehead atoms. The number of carboxylic acid groups (broad SMARTS) is 2. The van der Waals surface area contributed by atoms with Crippen molar-refractivity contribution in [3.63, 3.8) is 0 Å². The SMILES string of the molecule is C=CC(C(=O)O)C(C(=O)[O-])[N+](C)(C)C. The zero-order valence-corrected chi connectivity index (χ0v) is 8.56. The number of carbonyl (C=O) groups is 2. The third-order valence-corrected chi connectivity index (χ3v) is 1.96. The first kappa shape index (κ1) is 12.6. The fourth-order valence-corrected chi connectivity index (χ4v) is 1.31. The van der Waals surface area contributed by atoms with Gasteiger partial charge >= 0.3 is 5.97 Å². The summed E-state index contributed by atoms with van der Waals surface area (Å²) in [6, 6.07) is -1.13. The van der Waals surface area contributed by atoms with E-state index in [9.17, 15) is 14.7 Å². The van der Waals surface area contributed by atoms with E-state index in [4.69, 9.17) is 5.11 Å². The zero-order chi connectivity index (χ0) is 11.5. The van der Waals surface area contributed by atoms with E-state index in [2.05, 4.69) is 6.58 Å². The minimum atomic E-state index is -1.38. The van der Waals surface area contributed by atoms with Gasteiger partial charge in [0.2, 0.25) is 0 Å². The lowest BCUT2D eigenvalue weighted by molar-refractivity contribution is -0.891. The topological polar surface area (TPSA) is 77.4 Å². The van der Waals surface area contributed by atoms with Gasteiger partial charge in [-0.3, -0.25) is 4.79 Å². The number of carboxylic acids is 2. The quantitative estimate of drug-likeness (QED) is 0.443. The summed E-state index contributed by atoms with van der Waals surface area (Å²) < 4.78 is -0.0225. The van der Waals surface area contributed by atoms with Crippen molar-refractivity contribution in [1.82, 2.24) is 0 Å². The van der Waals surface area contributed by atoms with Crippen molar-refractivity contribution in [2.24, 2.45) is 5.92 Å². The highest BCUT2D eigenvalue weighted by Gasteiger charge is 2.36. The van der Waals surface area contributed by atoms with E-state index in [0.717, 1.165) is 6.08 Å². The van der Waals surface area contributed by atoms with Crippen LogP contribution in [0, 0.1) is 5.92 Å². The van der Waals surface area contributed by atoms with Gasteiger partial charge in [-0.1, -0.05) is 6.08 Å². The highest BCUT2D eigenvalue weighted by atomic mass is 16.4. The second-order valence-corrected chi connectivity index (χ2v) is 3.98. The van der Waals surface area contributed by atoms with E-state index in [1.807, 2.05) is 0 Å². The lowest BCUT2D eigenvalue weighted by Crippen LogP contribution is -2.59. The molecule has 0 aromatic carbocycles. The van der Waals surface area contributed by atoms with Gasteiger partial charge in [0.05, 0.1) is 21.1 Å². The fourth-order valence-electron chi connectivity index (χ4n) is 1.31. The Labute approximate surface area is 82.9 Å². The van der Waals surface area contributed by atoms with Crippen LogP contribution >= 0.6 is 0 Å². The van der Waals surface area contributed by atoms with E-state index >= 15 is 0 Å². The molecule has 5 nitrogen and oxygen atoms in total. The highest BCUT2D eigenvalue weighted by Crippen LogP contribution is 2.15. The first-order chi connectivity index (χ1) is 6.21. The molecule has 0 aliphatic carbocycles. The second kappa shape index (κ2) is 4.23. The average Bonchev–Trinajstić information content (AvgIpc) is 1.95. The summed E-state index contributed by atoms with van der Waals surface area (Å²) in [6.07, 6.45) is 1.12. The number of hydrogen-bond donors (Lipinski definition) is 1. The number of carbonyl (C=O) groups excluding carboxylic acids is 1. The molecule has 14 heavy (non-hydrogen) atoms. The number of rotatable bonds is 5. The summed E-state index contributed by atoms with van der Waals surface area (Å²) in [5.74, 6) is -3.73. The summed E-state index contributed by atoms with van der Waals surface area (Å²) in [5, 5.41) is 19.6. The van der Waals surface area contributed by atoms with Gasteiger partial charge in [-0.05, 0) is 0 Å². The van der Waals surface area contributed by atoms with Crippen molar-refractivity contribution in [1.29, 1.82) is 0 Å². The Balaban J connectivity index is 5.09. The standard InChI is InChI=1S/C9H15NO4/c1-5-6(8(11)12)7(9(13)14)10(2,3)4/h5-7H,1H2,2-4H3,(H-,11,12,13,14). The molecule has 80 valence electrons. The molecule has 0 aliphatic heterocycles. The molecule has 1 N–H and O–H groups in total.